The van der Waals surface area contributed by atoms with Crippen LogP contribution in [0.4, 0.5) is 10.1 Å². The molecule has 4 aromatic rings. The van der Waals surface area contributed by atoms with E-state index in [-0.39, 0.29) is 36.0 Å². The standard InChI is InChI=1S/C33H41FN6O3/c1-22-27-8-4-9-28(34)32(27)40(16-6-18-43-3)31(22)24-7-5-15-39(21-24)30(41)20-25(35)19-23-10-12-26(13-11-23)36-33(42)29-14-17-38(2)37-29/h4,8-14,17,24-25H,5-7,15-16,18-21,35H2,1-3H3,(H,36,42). The molecule has 5 rings (SSSR count). The maximum atomic E-state index is 15.0. The van der Waals surface area contributed by atoms with Crippen LogP contribution >= 0.6 is 0 Å². The molecule has 1 fully saturated rings. The number of methoxy groups -OCH3 is 1. The van der Waals surface area contributed by atoms with Crippen molar-refractivity contribution in [1.29, 1.82) is 0 Å². The molecule has 0 bridgehead atoms. The van der Waals surface area contributed by atoms with Gasteiger partial charge in [-0.05, 0) is 68.0 Å². The smallest absolute Gasteiger partial charge is 0.276 e. The molecular weight excluding hydrogens is 547 g/mol. The number of carbonyl (C=O) groups is 2. The number of nitrogens with one attached hydrogen (secondary N) is 1. The van der Waals surface area contributed by atoms with E-state index in [2.05, 4.69) is 21.9 Å². The molecule has 1 aliphatic heterocycles. The second-order valence-corrected chi connectivity index (χ2v) is 11.5. The summed E-state index contributed by atoms with van der Waals surface area (Å²) in [5.74, 6) is -0.326. The maximum absolute atomic E-state index is 15.0. The van der Waals surface area contributed by atoms with E-state index < -0.39 is 0 Å². The van der Waals surface area contributed by atoms with Crippen LogP contribution in [0.3, 0.4) is 0 Å². The number of carbonyl (C=O) groups excluding carboxylic acids is 2. The van der Waals surface area contributed by atoms with E-state index in [0.29, 0.717) is 49.6 Å². The first kappa shape index (κ1) is 30.4. The number of benzene rings is 2. The first-order valence-electron chi connectivity index (χ1n) is 14.9. The zero-order chi connectivity index (χ0) is 30.5. The normalized spacial score (nSPS) is 16.0. The number of fused-ring (bicyclic) bond motifs is 1. The number of amides is 2. The van der Waals surface area contributed by atoms with E-state index in [0.717, 1.165) is 41.5 Å². The van der Waals surface area contributed by atoms with E-state index >= 15 is 4.39 Å². The Balaban J connectivity index is 1.21. The molecular formula is C33H41FN6O3. The largest absolute Gasteiger partial charge is 0.385 e. The second kappa shape index (κ2) is 13.5. The predicted molar refractivity (Wildman–Crippen MR) is 166 cm³/mol. The molecule has 1 saturated heterocycles. The molecule has 228 valence electrons. The van der Waals surface area contributed by atoms with Crippen molar-refractivity contribution in [1.82, 2.24) is 19.2 Å². The SMILES string of the molecule is COCCCn1c(C2CCCN(C(=O)CC(N)Cc3ccc(NC(=O)c4ccn(C)n4)cc3)C2)c(C)c2cccc(F)c21. The average molecular weight is 589 g/mol. The van der Waals surface area contributed by atoms with E-state index in [1.54, 1.807) is 37.2 Å². The van der Waals surface area contributed by atoms with Crippen molar-refractivity contribution in [3.63, 3.8) is 0 Å². The number of ether oxygens (including phenoxy) is 1. The summed E-state index contributed by atoms with van der Waals surface area (Å²) >= 11 is 0. The molecule has 3 heterocycles. The van der Waals surface area contributed by atoms with Gasteiger partial charge in [-0.25, -0.2) is 4.39 Å². The summed E-state index contributed by atoms with van der Waals surface area (Å²) in [4.78, 5) is 27.7. The third-order valence-electron chi connectivity index (χ3n) is 8.32. The highest BCUT2D eigenvalue weighted by molar-refractivity contribution is 6.02. The summed E-state index contributed by atoms with van der Waals surface area (Å²) in [5, 5.41) is 7.89. The Labute approximate surface area is 251 Å². The second-order valence-electron chi connectivity index (χ2n) is 11.5. The lowest BCUT2D eigenvalue weighted by molar-refractivity contribution is -0.132. The number of nitrogens with zero attached hydrogens (tertiary/aromatic N) is 4. The number of para-hydroxylation sites is 1. The lowest BCUT2D eigenvalue weighted by Crippen LogP contribution is -2.42. The Kier molecular flexibility index (Phi) is 9.57. The minimum Gasteiger partial charge on any atom is -0.385 e. The first-order chi connectivity index (χ1) is 20.7. The molecule has 3 N–H and O–H groups in total. The van der Waals surface area contributed by atoms with Crippen molar-refractivity contribution in [2.75, 3.05) is 32.1 Å². The van der Waals surface area contributed by atoms with Gasteiger partial charge in [0.2, 0.25) is 5.91 Å². The molecule has 0 radical (unpaired) electrons. The van der Waals surface area contributed by atoms with Crippen LogP contribution in [0, 0.1) is 12.7 Å². The van der Waals surface area contributed by atoms with Crippen molar-refractivity contribution in [3.8, 4) is 0 Å². The average Bonchev–Trinajstić information content (AvgIpc) is 3.55. The third-order valence-corrected chi connectivity index (χ3v) is 8.32. The molecule has 0 aliphatic carbocycles. The molecule has 1 aliphatic rings. The molecule has 2 atom stereocenters. The van der Waals surface area contributed by atoms with Gasteiger partial charge in [-0.15, -0.1) is 0 Å². The number of anilines is 1. The van der Waals surface area contributed by atoms with E-state index in [9.17, 15) is 9.59 Å². The van der Waals surface area contributed by atoms with Gasteiger partial charge < -0.3 is 25.3 Å². The number of hydrogen-bond donors (Lipinski definition) is 2. The predicted octanol–water partition coefficient (Wildman–Crippen LogP) is 4.78. The molecule has 0 spiro atoms. The van der Waals surface area contributed by atoms with Crippen molar-refractivity contribution >= 4 is 28.4 Å². The Bertz CT molecular complexity index is 1580. The summed E-state index contributed by atoms with van der Waals surface area (Å²) in [5.41, 5.74) is 11.3. The van der Waals surface area contributed by atoms with Crippen molar-refractivity contribution in [2.45, 2.75) is 57.5 Å². The van der Waals surface area contributed by atoms with Crippen LogP contribution in [0.2, 0.25) is 0 Å². The number of hydrogen-bond acceptors (Lipinski definition) is 5. The fourth-order valence-corrected chi connectivity index (χ4v) is 6.29. The van der Waals surface area contributed by atoms with Gasteiger partial charge in [-0.2, -0.15) is 5.10 Å². The zero-order valence-corrected chi connectivity index (χ0v) is 25.2. The Morgan fingerprint density at radius 2 is 1.98 bits per heavy atom. The molecule has 43 heavy (non-hydrogen) atoms. The van der Waals surface area contributed by atoms with Crippen molar-refractivity contribution in [3.05, 3.63) is 83.1 Å². The van der Waals surface area contributed by atoms with E-state index in [1.807, 2.05) is 35.2 Å². The van der Waals surface area contributed by atoms with Gasteiger partial charge in [0.15, 0.2) is 5.69 Å². The minimum atomic E-state index is -0.335. The Morgan fingerprint density at radius 1 is 1.19 bits per heavy atom. The maximum Gasteiger partial charge on any atom is 0.276 e. The van der Waals surface area contributed by atoms with Gasteiger partial charge in [-0.1, -0.05) is 24.3 Å². The van der Waals surface area contributed by atoms with Crippen LogP contribution in [-0.4, -0.2) is 63.9 Å². The summed E-state index contributed by atoms with van der Waals surface area (Å²) in [6, 6.07) is 14.1. The van der Waals surface area contributed by atoms with E-state index in [4.69, 9.17) is 10.5 Å². The quantitative estimate of drug-likeness (QED) is 0.245. The van der Waals surface area contributed by atoms with Gasteiger partial charge in [-0.3, -0.25) is 14.3 Å². The van der Waals surface area contributed by atoms with Crippen LogP contribution in [-0.2, 0) is 29.5 Å². The Hall–Kier alpha value is -4.02. The van der Waals surface area contributed by atoms with Gasteiger partial charge in [0.1, 0.15) is 5.82 Å². The van der Waals surface area contributed by atoms with Crippen LogP contribution in [0.15, 0.2) is 54.7 Å². The van der Waals surface area contributed by atoms with Gasteiger partial charge >= 0.3 is 0 Å². The number of piperidine rings is 1. The number of aromatic nitrogens is 3. The van der Waals surface area contributed by atoms with Crippen LogP contribution < -0.4 is 11.1 Å². The highest BCUT2D eigenvalue weighted by Crippen LogP contribution is 2.36. The molecule has 2 unspecified atom stereocenters. The monoisotopic (exact) mass is 588 g/mol. The number of aryl methyl sites for hydroxylation is 3. The lowest BCUT2D eigenvalue weighted by atomic mass is 9.91. The molecule has 0 saturated carbocycles. The van der Waals surface area contributed by atoms with Crippen LogP contribution in [0.25, 0.3) is 10.9 Å². The van der Waals surface area contributed by atoms with Crippen molar-refractivity contribution < 1.29 is 18.7 Å². The zero-order valence-electron chi connectivity index (χ0n) is 25.2. The van der Waals surface area contributed by atoms with Crippen molar-refractivity contribution in [2.24, 2.45) is 12.8 Å². The first-order valence-corrected chi connectivity index (χ1v) is 14.9. The number of halogens is 1. The summed E-state index contributed by atoms with van der Waals surface area (Å²) in [6.07, 6.45) is 5.12. The van der Waals surface area contributed by atoms with Crippen LogP contribution in [0.1, 0.15) is 58.9 Å². The van der Waals surface area contributed by atoms with Gasteiger partial charge in [0.05, 0.1) is 5.52 Å². The molecule has 2 aromatic carbocycles. The third kappa shape index (κ3) is 6.97. The molecule has 2 aromatic heterocycles. The summed E-state index contributed by atoms with van der Waals surface area (Å²) in [6.45, 7) is 4.62. The molecule has 2 amide bonds. The Morgan fingerprint density at radius 3 is 2.70 bits per heavy atom. The summed E-state index contributed by atoms with van der Waals surface area (Å²) in [7, 11) is 3.44. The topological polar surface area (TPSA) is 107 Å². The minimum absolute atomic E-state index is 0.0438. The molecule has 10 heteroatoms. The van der Waals surface area contributed by atoms with Gasteiger partial charge in [0.25, 0.3) is 5.91 Å². The number of nitrogens with two attached hydrogens (primary N) is 1. The van der Waals surface area contributed by atoms with Gasteiger partial charge in [0, 0.05) is 81.7 Å². The lowest BCUT2D eigenvalue weighted by Gasteiger charge is -2.34. The number of rotatable bonds is 11. The summed E-state index contributed by atoms with van der Waals surface area (Å²) < 4.78 is 24.0. The fraction of sp³-hybridized carbons (Fsp3) is 0.424. The van der Waals surface area contributed by atoms with Crippen LogP contribution in [0.5, 0.6) is 0 Å². The highest BCUT2D eigenvalue weighted by Gasteiger charge is 2.30. The molecule has 9 nitrogen and oxygen atoms in total. The highest BCUT2D eigenvalue weighted by atomic mass is 19.1. The number of likely N-dealkylation sites (tertiary alicyclic amines) is 1. The fourth-order valence-electron chi connectivity index (χ4n) is 6.29. The van der Waals surface area contributed by atoms with E-state index in [1.165, 1.54) is 6.07 Å².